The Labute approximate surface area is 228 Å². The van der Waals surface area contributed by atoms with E-state index in [2.05, 4.69) is 84.5 Å². The van der Waals surface area contributed by atoms with Gasteiger partial charge in [-0.05, 0) is 59.9 Å². The van der Waals surface area contributed by atoms with Crippen LogP contribution in [0.2, 0.25) is 0 Å². The molecule has 0 amide bonds. The van der Waals surface area contributed by atoms with E-state index in [0.717, 1.165) is 47.2 Å². The van der Waals surface area contributed by atoms with Crippen LogP contribution < -0.4 is 4.74 Å². The van der Waals surface area contributed by atoms with Gasteiger partial charge in [-0.3, -0.25) is 4.98 Å². The Morgan fingerprint density at radius 2 is 1.72 bits per heavy atom. The molecule has 1 aliphatic heterocycles. The average molecular weight is 520 g/mol. The third-order valence-corrected chi connectivity index (χ3v) is 8.08. The standard InChI is InChI=1S/C32H33N5O2/c1-22(2)32(3,26-11-13-28(14-12-26)39-21-27-6-4-5-18-33-27)25-9-7-23(8-10-25)29-15-16-30-34-35-31(37(30)36-29)24-17-19-38-20-24/h4-16,18,22,24H,17,19-21H2,1-3H3. The van der Waals surface area contributed by atoms with Gasteiger partial charge in [0, 0.05) is 29.7 Å². The lowest BCUT2D eigenvalue weighted by molar-refractivity contribution is 0.193. The first-order valence-corrected chi connectivity index (χ1v) is 13.6. The van der Waals surface area contributed by atoms with Gasteiger partial charge in [0.1, 0.15) is 12.4 Å². The fraction of sp³-hybridized carbons (Fsp3) is 0.312. The Morgan fingerprint density at radius 3 is 2.38 bits per heavy atom. The SMILES string of the molecule is CC(C)C(C)(c1ccc(OCc2ccccn2)cc1)c1ccc(-c2ccc3nnc(C4CCOC4)n3n2)cc1. The summed E-state index contributed by atoms with van der Waals surface area (Å²) in [6, 6.07) is 27.1. The van der Waals surface area contributed by atoms with E-state index in [0.29, 0.717) is 19.1 Å². The number of nitrogens with zero attached hydrogens (tertiary/aromatic N) is 5. The second-order valence-electron chi connectivity index (χ2n) is 10.7. The van der Waals surface area contributed by atoms with Crippen LogP contribution >= 0.6 is 0 Å². The summed E-state index contributed by atoms with van der Waals surface area (Å²) in [6.07, 6.45) is 2.74. The van der Waals surface area contributed by atoms with Gasteiger partial charge < -0.3 is 9.47 Å². The number of benzene rings is 2. The first-order chi connectivity index (χ1) is 19.0. The molecule has 198 valence electrons. The van der Waals surface area contributed by atoms with E-state index in [9.17, 15) is 0 Å². The lowest BCUT2D eigenvalue weighted by Gasteiger charge is -2.35. The van der Waals surface area contributed by atoms with Crippen molar-refractivity contribution in [3.63, 3.8) is 0 Å². The van der Waals surface area contributed by atoms with Crippen LogP contribution in [0.4, 0.5) is 0 Å². The van der Waals surface area contributed by atoms with Gasteiger partial charge in [0.2, 0.25) is 0 Å². The van der Waals surface area contributed by atoms with E-state index in [-0.39, 0.29) is 11.3 Å². The summed E-state index contributed by atoms with van der Waals surface area (Å²) in [4.78, 5) is 4.33. The fourth-order valence-electron chi connectivity index (χ4n) is 5.31. The topological polar surface area (TPSA) is 74.4 Å². The zero-order valence-corrected chi connectivity index (χ0v) is 22.6. The summed E-state index contributed by atoms with van der Waals surface area (Å²) in [5.74, 6) is 2.33. The predicted molar refractivity (Wildman–Crippen MR) is 151 cm³/mol. The molecule has 5 aromatic rings. The number of rotatable bonds is 8. The van der Waals surface area contributed by atoms with Gasteiger partial charge in [-0.15, -0.1) is 10.2 Å². The molecule has 2 atom stereocenters. The second-order valence-corrected chi connectivity index (χ2v) is 10.7. The van der Waals surface area contributed by atoms with Gasteiger partial charge in [0.25, 0.3) is 0 Å². The highest BCUT2D eigenvalue weighted by molar-refractivity contribution is 5.61. The van der Waals surface area contributed by atoms with Crippen molar-refractivity contribution in [3.8, 4) is 17.0 Å². The summed E-state index contributed by atoms with van der Waals surface area (Å²) in [7, 11) is 0. The minimum absolute atomic E-state index is 0.167. The number of pyridine rings is 1. The van der Waals surface area contributed by atoms with Crippen LogP contribution in [0.5, 0.6) is 5.75 Å². The Kier molecular flexibility index (Phi) is 6.83. The molecule has 0 spiro atoms. The molecule has 39 heavy (non-hydrogen) atoms. The van der Waals surface area contributed by atoms with Crippen LogP contribution in [0, 0.1) is 5.92 Å². The Bertz CT molecular complexity index is 1540. The molecule has 0 saturated carbocycles. The maximum absolute atomic E-state index is 5.97. The first-order valence-electron chi connectivity index (χ1n) is 13.6. The highest BCUT2D eigenvalue weighted by Gasteiger charge is 2.32. The van der Waals surface area contributed by atoms with Crippen molar-refractivity contribution in [1.29, 1.82) is 0 Å². The zero-order valence-electron chi connectivity index (χ0n) is 22.6. The molecule has 2 unspecified atom stereocenters. The normalized spacial score (nSPS) is 17.0. The van der Waals surface area contributed by atoms with Crippen LogP contribution in [0.3, 0.4) is 0 Å². The van der Waals surface area contributed by atoms with E-state index < -0.39 is 0 Å². The maximum Gasteiger partial charge on any atom is 0.177 e. The van der Waals surface area contributed by atoms with Crippen molar-refractivity contribution in [2.75, 3.05) is 13.2 Å². The van der Waals surface area contributed by atoms with Gasteiger partial charge >= 0.3 is 0 Å². The minimum atomic E-state index is -0.167. The summed E-state index contributed by atoms with van der Waals surface area (Å²) >= 11 is 0. The molecule has 4 heterocycles. The van der Waals surface area contributed by atoms with E-state index in [4.69, 9.17) is 14.6 Å². The molecular weight excluding hydrogens is 486 g/mol. The molecule has 1 fully saturated rings. The van der Waals surface area contributed by atoms with Crippen LogP contribution in [0.25, 0.3) is 16.9 Å². The van der Waals surface area contributed by atoms with Gasteiger partial charge in [-0.25, -0.2) is 0 Å². The number of ether oxygens (including phenoxy) is 2. The van der Waals surface area contributed by atoms with Crippen LogP contribution in [0.15, 0.2) is 85.1 Å². The highest BCUT2D eigenvalue weighted by Crippen LogP contribution is 2.40. The molecular formula is C32H33N5O2. The second kappa shape index (κ2) is 10.6. The smallest absolute Gasteiger partial charge is 0.177 e. The summed E-state index contributed by atoms with van der Waals surface area (Å²) in [6.45, 7) is 8.75. The Balaban J connectivity index is 1.24. The van der Waals surface area contributed by atoms with Crippen molar-refractivity contribution < 1.29 is 9.47 Å². The molecule has 3 aromatic heterocycles. The zero-order chi connectivity index (χ0) is 26.8. The molecule has 0 radical (unpaired) electrons. The lowest BCUT2D eigenvalue weighted by atomic mass is 9.68. The number of aromatic nitrogens is 5. The maximum atomic E-state index is 5.97. The van der Waals surface area contributed by atoms with Gasteiger partial charge in [-0.1, -0.05) is 63.2 Å². The van der Waals surface area contributed by atoms with Crippen molar-refractivity contribution in [2.45, 2.75) is 45.1 Å². The minimum Gasteiger partial charge on any atom is -0.487 e. The van der Waals surface area contributed by atoms with E-state index in [1.54, 1.807) is 6.20 Å². The molecule has 1 aliphatic rings. The first kappa shape index (κ1) is 25.2. The predicted octanol–water partition coefficient (Wildman–Crippen LogP) is 6.23. The third kappa shape index (κ3) is 4.90. The van der Waals surface area contributed by atoms with Crippen molar-refractivity contribution in [2.24, 2.45) is 5.92 Å². The van der Waals surface area contributed by atoms with Gasteiger partial charge in [-0.2, -0.15) is 9.61 Å². The van der Waals surface area contributed by atoms with Crippen LogP contribution in [-0.4, -0.2) is 38.0 Å². The van der Waals surface area contributed by atoms with Crippen molar-refractivity contribution in [1.82, 2.24) is 24.8 Å². The monoisotopic (exact) mass is 519 g/mol. The highest BCUT2D eigenvalue weighted by atomic mass is 16.5. The third-order valence-electron chi connectivity index (χ3n) is 8.08. The largest absolute Gasteiger partial charge is 0.487 e. The van der Waals surface area contributed by atoms with E-state index in [1.165, 1.54) is 11.1 Å². The van der Waals surface area contributed by atoms with Crippen LogP contribution in [0.1, 0.15) is 55.8 Å². The quantitative estimate of drug-likeness (QED) is 0.242. The van der Waals surface area contributed by atoms with E-state index >= 15 is 0 Å². The molecule has 0 aliphatic carbocycles. The molecule has 7 nitrogen and oxygen atoms in total. The molecule has 0 bridgehead atoms. The number of hydrogen-bond acceptors (Lipinski definition) is 6. The van der Waals surface area contributed by atoms with Crippen molar-refractivity contribution >= 4 is 5.65 Å². The Hall–Kier alpha value is -4.10. The number of hydrogen-bond donors (Lipinski definition) is 0. The van der Waals surface area contributed by atoms with Crippen molar-refractivity contribution in [3.05, 3.63) is 108 Å². The fourth-order valence-corrected chi connectivity index (χ4v) is 5.31. The number of fused-ring (bicyclic) bond motifs is 1. The van der Waals surface area contributed by atoms with E-state index in [1.807, 2.05) is 34.8 Å². The van der Waals surface area contributed by atoms with Gasteiger partial charge in [0.15, 0.2) is 11.5 Å². The summed E-state index contributed by atoms with van der Waals surface area (Å²) in [5.41, 5.74) is 5.98. The molecule has 0 N–H and O–H groups in total. The van der Waals surface area contributed by atoms with Gasteiger partial charge in [0.05, 0.1) is 18.0 Å². The molecule has 2 aromatic carbocycles. The Morgan fingerprint density at radius 1 is 0.949 bits per heavy atom. The average Bonchev–Trinajstić information content (AvgIpc) is 3.66. The lowest BCUT2D eigenvalue weighted by Crippen LogP contribution is -2.30. The summed E-state index contributed by atoms with van der Waals surface area (Å²) in [5, 5.41) is 13.6. The van der Waals surface area contributed by atoms with Crippen LogP contribution in [-0.2, 0) is 16.8 Å². The molecule has 7 heteroatoms. The molecule has 6 rings (SSSR count). The summed E-state index contributed by atoms with van der Waals surface area (Å²) < 4.78 is 13.4. The molecule has 1 saturated heterocycles.